The predicted octanol–water partition coefficient (Wildman–Crippen LogP) is 4.53. The van der Waals surface area contributed by atoms with Crippen molar-refractivity contribution in [1.29, 1.82) is 0 Å². The van der Waals surface area contributed by atoms with Crippen molar-refractivity contribution in [3.63, 3.8) is 0 Å². The summed E-state index contributed by atoms with van der Waals surface area (Å²) in [6, 6.07) is 12.2. The molecular formula is C23H18F2N2O4. The molecule has 0 atom stereocenters. The van der Waals surface area contributed by atoms with Crippen molar-refractivity contribution in [2.45, 2.75) is 20.0 Å². The number of fused-ring (bicyclic) bond motifs is 2. The van der Waals surface area contributed by atoms with Crippen LogP contribution >= 0.6 is 0 Å². The van der Waals surface area contributed by atoms with Crippen molar-refractivity contribution in [3.8, 4) is 11.5 Å². The molecule has 6 nitrogen and oxygen atoms in total. The Balaban J connectivity index is 1.42. The van der Waals surface area contributed by atoms with E-state index in [4.69, 9.17) is 13.9 Å². The minimum Gasteiger partial charge on any atom is -0.460 e. The summed E-state index contributed by atoms with van der Waals surface area (Å²) in [5.41, 5.74) is 2.79. The largest absolute Gasteiger partial charge is 0.460 e. The molecule has 31 heavy (non-hydrogen) atoms. The fourth-order valence-electron chi connectivity index (χ4n) is 3.73. The van der Waals surface area contributed by atoms with Gasteiger partial charge in [0.1, 0.15) is 23.1 Å². The van der Waals surface area contributed by atoms with Gasteiger partial charge in [0, 0.05) is 31.3 Å². The number of rotatable bonds is 5. The van der Waals surface area contributed by atoms with E-state index in [0.29, 0.717) is 39.6 Å². The minimum absolute atomic E-state index is 0.115. The third kappa shape index (κ3) is 3.72. The van der Waals surface area contributed by atoms with Crippen LogP contribution in [0.4, 0.5) is 8.78 Å². The van der Waals surface area contributed by atoms with Gasteiger partial charge in [-0.3, -0.25) is 4.79 Å². The number of aryl methyl sites for hydroxylation is 1. The van der Waals surface area contributed by atoms with Gasteiger partial charge >= 0.3 is 0 Å². The van der Waals surface area contributed by atoms with Gasteiger partial charge in [-0.15, -0.1) is 0 Å². The van der Waals surface area contributed by atoms with E-state index in [-0.39, 0.29) is 25.8 Å². The molecule has 1 amide bonds. The lowest BCUT2D eigenvalue weighted by Gasteiger charge is -2.11. The molecule has 0 bridgehead atoms. The third-order valence-corrected chi connectivity index (χ3v) is 5.10. The summed E-state index contributed by atoms with van der Waals surface area (Å²) in [5, 5.41) is 2.87. The van der Waals surface area contributed by atoms with Gasteiger partial charge in [0.25, 0.3) is 5.91 Å². The summed E-state index contributed by atoms with van der Waals surface area (Å²) < 4.78 is 45.3. The molecule has 0 spiro atoms. The van der Waals surface area contributed by atoms with Crippen LogP contribution in [-0.2, 0) is 13.1 Å². The van der Waals surface area contributed by atoms with E-state index in [9.17, 15) is 13.6 Å². The molecule has 1 aliphatic rings. The van der Waals surface area contributed by atoms with E-state index in [1.807, 2.05) is 12.1 Å². The Morgan fingerprint density at radius 3 is 2.58 bits per heavy atom. The average Bonchev–Trinajstić information content (AvgIpc) is 3.40. The number of carbonyl (C=O) groups excluding carboxylic acids is 1. The van der Waals surface area contributed by atoms with Crippen molar-refractivity contribution in [3.05, 3.63) is 82.7 Å². The molecule has 0 radical (unpaired) electrons. The number of halogens is 2. The highest BCUT2D eigenvalue weighted by molar-refractivity contribution is 5.97. The fraction of sp³-hybridized carbons (Fsp3) is 0.174. The van der Waals surface area contributed by atoms with Gasteiger partial charge in [0.2, 0.25) is 6.79 Å². The second-order valence-corrected chi connectivity index (χ2v) is 7.37. The maximum atomic E-state index is 13.7. The molecule has 0 saturated carbocycles. The van der Waals surface area contributed by atoms with Gasteiger partial charge in [-0.1, -0.05) is 6.07 Å². The first-order valence-electron chi connectivity index (χ1n) is 9.67. The van der Waals surface area contributed by atoms with Crippen LogP contribution in [0.5, 0.6) is 11.5 Å². The summed E-state index contributed by atoms with van der Waals surface area (Å²) in [5.74, 6) is 0.305. The normalized spacial score (nSPS) is 12.5. The lowest BCUT2D eigenvalue weighted by atomic mass is 10.2. The smallest absolute Gasteiger partial charge is 0.268 e. The molecule has 0 saturated heterocycles. The molecule has 2 aromatic carbocycles. The van der Waals surface area contributed by atoms with Gasteiger partial charge in [-0.05, 0) is 42.3 Å². The van der Waals surface area contributed by atoms with Gasteiger partial charge in [0.05, 0.1) is 5.52 Å². The number of furan rings is 1. The predicted molar refractivity (Wildman–Crippen MR) is 108 cm³/mol. The molecule has 0 unspecified atom stereocenters. The number of hydrogen-bond donors (Lipinski definition) is 1. The van der Waals surface area contributed by atoms with Crippen molar-refractivity contribution in [2.75, 3.05) is 6.79 Å². The second-order valence-electron chi connectivity index (χ2n) is 7.37. The highest BCUT2D eigenvalue weighted by atomic mass is 19.1. The number of aromatic nitrogens is 1. The molecule has 0 fully saturated rings. The highest BCUT2D eigenvalue weighted by Crippen LogP contribution is 2.32. The van der Waals surface area contributed by atoms with Crippen LogP contribution in [0.2, 0.25) is 0 Å². The number of carbonyl (C=O) groups is 1. The molecule has 0 aliphatic carbocycles. The monoisotopic (exact) mass is 424 g/mol. The lowest BCUT2D eigenvalue weighted by molar-refractivity contribution is 0.0942. The Hall–Kier alpha value is -3.81. The zero-order chi connectivity index (χ0) is 21.5. The third-order valence-electron chi connectivity index (χ3n) is 5.10. The van der Waals surface area contributed by atoms with Gasteiger partial charge in [0.15, 0.2) is 17.1 Å². The van der Waals surface area contributed by atoms with E-state index in [2.05, 4.69) is 5.32 Å². The first-order chi connectivity index (χ1) is 15.0. The lowest BCUT2D eigenvalue weighted by Crippen LogP contribution is -2.25. The summed E-state index contributed by atoms with van der Waals surface area (Å²) in [4.78, 5) is 13.0. The quantitative estimate of drug-likeness (QED) is 0.511. The zero-order valence-corrected chi connectivity index (χ0v) is 16.6. The van der Waals surface area contributed by atoms with Crippen LogP contribution in [0.1, 0.15) is 27.4 Å². The number of ether oxygens (including phenoxy) is 2. The molecule has 4 aromatic rings. The first-order valence-corrected chi connectivity index (χ1v) is 9.67. The SMILES string of the molecule is Cc1cc2c(cc(C(=O)NCc3ccc4c(c3)OCO4)n2Cc2cc(F)cc(F)c2)o1. The number of hydrogen-bond acceptors (Lipinski definition) is 4. The zero-order valence-electron chi connectivity index (χ0n) is 16.6. The Morgan fingerprint density at radius 1 is 1.00 bits per heavy atom. The summed E-state index contributed by atoms with van der Waals surface area (Å²) in [6.07, 6.45) is 0. The Morgan fingerprint density at radius 2 is 1.77 bits per heavy atom. The van der Waals surface area contributed by atoms with E-state index >= 15 is 0 Å². The van der Waals surface area contributed by atoms with E-state index in [1.54, 1.807) is 29.7 Å². The maximum Gasteiger partial charge on any atom is 0.268 e. The van der Waals surface area contributed by atoms with Gasteiger partial charge < -0.3 is 23.8 Å². The fourth-order valence-corrected chi connectivity index (χ4v) is 3.73. The number of amides is 1. The summed E-state index contributed by atoms with van der Waals surface area (Å²) >= 11 is 0. The van der Waals surface area contributed by atoms with Crippen LogP contribution in [0.15, 0.2) is 52.9 Å². The van der Waals surface area contributed by atoms with Crippen LogP contribution in [0.25, 0.3) is 11.1 Å². The van der Waals surface area contributed by atoms with Crippen molar-refractivity contribution in [1.82, 2.24) is 9.88 Å². The molecule has 1 aliphatic heterocycles. The number of benzene rings is 2. The molecular weight excluding hydrogens is 406 g/mol. The van der Waals surface area contributed by atoms with E-state index in [0.717, 1.165) is 11.6 Å². The molecule has 3 heterocycles. The number of nitrogens with zero attached hydrogens (tertiary/aromatic N) is 1. The van der Waals surface area contributed by atoms with Crippen molar-refractivity contribution < 1.29 is 27.5 Å². The van der Waals surface area contributed by atoms with Crippen LogP contribution in [0, 0.1) is 18.6 Å². The van der Waals surface area contributed by atoms with Crippen LogP contribution in [0.3, 0.4) is 0 Å². The van der Waals surface area contributed by atoms with E-state index in [1.165, 1.54) is 12.1 Å². The van der Waals surface area contributed by atoms with Crippen LogP contribution in [-0.4, -0.2) is 17.3 Å². The first kappa shape index (κ1) is 19.2. The highest BCUT2D eigenvalue weighted by Gasteiger charge is 2.20. The van der Waals surface area contributed by atoms with Crippen LogP contribution < -0.4 is 14.8 Å². The Bertz CT molecular complexity index is 1290. The minimum atomic E-state index is -0.671. The standard InChI is InChI=1S/C23H18F2N2O4/c1-13-4-18-21(31-13)9-19(27(18)11-15-5-16(24)8-17(25)6-15)23(28)26-10-14-2-3-20-22(7-14)30-12-29-20/h2-9H,10-12H2,1H3,(H,26,28). The summed E-state index contributed by atoms with van der Waals surface area (Å²) in [7, 11) is 0. The molecule has 158 valence electrons. The second kappa shape index (κ2) is 7.46. The van der Waals surface area contributed by atoms with Gasteiger partial charge in [-0.2, -0.15) is 0 Å². The van der Waals surface area contributed by atoms with E-state index < -0.39 is 11.6 Å². The number of nitrogens with one attached hydrogen (secondary N) is 1. The molecule has 8 heteroatoms. The molecule has 1 N–H and O–H groups in total. The van der Waals surface area contributed by atoms with Crippen molar-refractivity contribution in [2.24, 2.45) is 0 Å². The maximum absolute atomic E-state index is 13.7. The summed E-state index contributed by atoms with van der Waals surface area (Å²) in [6.45, 7) is 2.36. The van der Waals surface area contributed by atoms with Gasteiger partial charge in [-0.25, -0.2) is 8.78 Å². The Labute approximate surface area is 176 Å². The molecule has 5 rings (SSSR count). The average molecular weight is 424 g/mol. The Kier molecular flexibility index (Phi) is 4.62. The topological polar surface area (TPSA) is 65.6 Å². The van der Waals surface area contributed by atoms with Crippen molar-refractivity contribution >= 4 is 17.0 Å². The molecule has 2 aromatic heterocycles.